The molecule has 2 N–H and O–H groups in total. The van der Waals surface area contributed by atoms with E-state index in [0.29, 0.717) is 0 Å². The third kappa shape index (κ3) is 15.2. The fourth-order valence-electron chi connectivity index (χ4n) is 9.10. The maximum Gasteiger partial charge on any atom is 0.140 e. The number of hydrogen-bond donors (Lipinski definition) is 2. The number of nitrogens with one attached hydrogen (secondary N) is 2. The summed E-state index contributed by atoms with van der Waals surface area (Å²) < 4.78 is 0. The lowest BCUT2D eigenvalue weighted by Gasteiger charge is -2.25. The molecule has 8 heteroatoms. The zero-order valence-electron chi connectivity index (χ0n) is 40.4. The summed E-state index contributed by atoms with van der Waals surface area (Å²) in [6.45, 7) is 13.6. The lowest BCUT2D eigenvalue weighted by molar-refractivity contribution is 0.575. The van der Waals surface area contributed by atoms with Gasteiger partial charge in [0.25, 0.3) is 0 Å². The van der Waals surface area contributed by atoms with Crippen molar-refractivity contribution in [1.29, 1.82) is 0 Å². The third-order valence-corrected chi connectivity index (χ3v) is 13.1. The molecule has 0 aliphatic rings. The monoisotopic (exact) mass is 867 g/mol. The fraction of sp³-hybridized carbons (Fsp3) is 0.571. The van der Waals surface area contributed by atoms with E-state index in [1.54, 1.807) is 0 Å². The molecule has 0 saturated heterocycles. The number of anilines is 2. The molecule has 0 spiro atoms. The standard InChI is InChI=1S/C56H82N8/c1-5-9-13-17-21-25-37-63(38-26-22-18-14-10-6-2)47-31-35-51-53(41-47)61-55(59-51)45-29-33-49(57-43-45)50-34-30-46(44-58-50)56-60-52-36-32-48(42-54(52)62-56)64(39-27-23-19-15-11-7-3)40-28-24-20-16-12-8-4/h29-36,41-44H,5-28,37-40H2,1-4H3,(H,59,61)(H,60,62). The molecule has 4 heterocycles. The van der Waals surface area contributed by atoms with Gasteiger partial charge in [0, 0.05) is 61.1 Å². The zero-order valence-corrected chi connectivity index (χ0v) is 40.4. The number of aromatic amines is 2. The van der Waals surface area contributed by atoms with Gasteiger partial charge >= 0.3 is 0 Å². The second kappa shape index (κ2) is 27.6. The first-order chi connectivity index (χ1) is 31.6. The molecule has 0 bridgehead atoms. The van der Waals surface area contributed by atoms with Crippen molar-refractivity contribution in [3.63, 3.8) is 0 Å². The Morgan fingerprint density at radius 3 is 1.02 bits per heavy atom. The summed E-state index contributed by atoms with van der Waals surface area (Å²) in [6.07, 6.45) is 35.5. The van der Waals surface area contributed by atoms with Gasteiger partial charge in [-0.15, -0.1) is 0 Å². The van der Waals surface area contributed by atoms with E-state index >= 15 is 0 Å². The molecular formula is C56H82N8. The summed E-state index contributed by atoms with van der Waals surface area (Å²) in [4.78, 5) is 32.1. The smallest absolute Gasteiger partial charge is 0.140 e. The molecule has 0 amide bonds. The Bertz CT molecular complexity index is 1980. The van der Waals surface area contributed by atoms with Crippen LogP contribution in [0.25, 0.3) is 56.2 Å². The highest BCUT2D eigenvalue weighted by molar-refractivity contribution is 5.84. The second-order valence-electron chi connectivity index (χ2n) is 18.5. The molecule has 0 radical (unpaired) electrons. The SMILES string of the molecule is CCCCCCCCN(CCCCCCCC)c1ccc2nc(-c3ccc(-c4ccc(-c5nc6ccc(N(CCCCCCCC)CCCCCCCC)cc6[nH]5)cn4)nc3)[nH]c2c1. The number of unbranched alkanes of at least 4 members (excludes halogenated alkanes) is 20. The minimum absolute atomic E-state index is 0.832. The Kier molecular flexibility index (Phi) is 21.0. The molecule has 0 aliphatic carbocycles. The molecule has 2 aromatic carbocycles. The van der Waals surface area contributed by atoms with E-state index in [9.17, 15) is 0 Å². The van der Waals surface area contributed by atoms with Gasteiger partial charge in [-0.25, -0.2) is 9.97 Å². The van der Waals surface area contributed by atoms with Crippen molar-refractivity contribution < 1.29 is 0 Å². The van der Waals surface area contributed by atoms with Gasteiger partial charge in [0.2, 0.25) is 0 Å². The van der Waals surface area contributed by atoms with E-state index in [1.165, 1.54) is 165 Å². The fourth-order valence-corrected chi connectivity index (χ4v) is 9.10. The quantitative estimate of drug-likeness (QED) is 0.0401. The highest BCUT2D eigenvalue weighted by Crippen LogP contribution is 2.29. The summed E-state index contributed by atoms with van der Waals surface area (Å²) in [7, 11) is 0. The number of aromatic nitrogens is 6. The zero-order chi connectivity index (χ0) is 44.6. The van der Waals surface area contributed by atoms with Crippen LogP contribution in [0.15, 0.2) is 73.1 Å². The van der Waals surface area contributed by atoms with Crippen LogP contribution in [0, 0.1) is 0 Å². The van der Waals surface area contributed by atoms with Gasteiger partial charge in [-0.1, -0.05) is 156 Å². The maximum absolute atomic E-state index is 4.98. The molecule has 8 nitrogen and oxygen atoms in total. The second-order valence-corrected chi connectivity index (χ2v) is 18.5. The molecular weight excluding hydrogens is 785 g/mol. The van der Waals surface area contributed by atoms with E-state index in [2.05, 4.69) is 96.0 Å². The van der Waals surface area contributed by atoms with Crippen molar-refractivity contribution in [1.82, 2.24) is 29.9 Å². The van der Waals surface area contributed by atoms with Gasteiger partial charge in [-0.2, -0.15) is 0 Å². The highest BCUT2D eigenvalue weighted by atomic mass is 15.1. The Balaban J connectivity index is 1.08. The van der Waals surface area contributed by atoms with Crippen molar-refractivity contribution in [2.45, 2.75) is 182 Å². The average Bonchev–Trinajstić information content (AvgIpc) is 3.96. The van der Waals surface area contributed by atoms with Crippen LogP contribution in [0.3, 0.4) is 0 Å². The van der Waals surface area contributed by atoms with E-state index < -0.39 is 0 Å². The van der Waals surface area contributed by atoms with Crippen molar-refractivity contribution in [3.05, 3.63) is 73.1 Å². The molecule has 346 valence electrons. The number of fused-ring (bicyclic) bond motifs is 2. The predicted molar refractivity (Wildman–Crippen MR) is 276 cm³/mol. The van der Waals surface area contributed by atoms with E-state index in [-0.39, 0.29) is 0 Å². The largest absolute Gasteiger partial charge is 0.371 e. The minimum atomic E-state index is 0.832. The molecule has 0 atom stereocenters. The molecule has 64 heavy (non-hydrogen) atoms. The minimum Gasteiger partial charge on any atom is -0.371 e. The van der Waals surface area contributed by atoms with Crippen LogP contribution >= 0.6 is 0 Å². The summed E-state index contributed by atoms with van der Waals surface area (Å²) in [5, 5.41) is 0. The summed E-state index contributed by atoms with van der Waals surface area (Å²) in [6, 6.07) is 21.8. The van der Waals surface area contributed by atoms with Gasteiger partial charge in [0.05, 0.1) is 33.5 Å². The van der Waals surface area contributed by atoms with Crippen LogP contribution < -0.4 is 9.80 Å². The number of rotatable bonds is 33. The Labute approximate surface area is 386 Å². The van der Waals surface area contributed by atoms with Crippen LogP contribution in [0.4, 0.5) is 11.4 Å². The van der Waals surface area contributed by atoms with E-state index in [0.717, 1.165) is 82.4 Å². The first-order valence-electron chi connectivity index (χ1n) is 26.0. The van der Waals surface area contributed by atoms with Crippen molar-refractivity contribution in [2.75, 3.05) is 36.0 Å². The molecule has 4 aromatic heterocycles. The predicted octanol–water partition coefficient (Wildman–Crippen LogP) is 16.3. The molecule has 0 saturated carbocycles. The van der Waals surface area contributed by atoms with E-state index in [1.807, 2.05) is 24.5 Å². The third-order valence-electron chi connectivity index (χ3n) is 13.1. The summed E-state index contributed by atoms with van der Waals surface area (Å²) in [5.41, 5.74) is 10.3. The number of imidazole rings is 2. The van der Waals surface area contributed by atoms with Crippen molar-refractivity contribution >= 4 is 33.4 Å². The Hall–Kier alpha value is -4.72. The van der Waals surface area contributed by atoms with Crippen LogP contribution in [0.1, 0.15) is 182 Å². The van der Waals surface area contributed by atoms with Gasteiger partial charge in [-0.3, -0.25) is 9.97 Å². The first-order valence-corrected chi connectivity index (χ1v) is 26.0. The average molecular weight is 867 g/mol. The van der Waals surface area contributed by atoms with Crippen LogP contribution in [0.2, 0.25) is 0 Å². The molecule has 6 rings (SSSR count). The summed E-state index contributed by atoms with van der Waals surface area (Å²) >= 11 is 0. The van der Waals surface area contributed by atoms with Crippen molar-refractivity contribution in [3.8, 4) is 34.2 Å². The Morgan fingerprint density at radius 1 is 0.375 bits per heavy atom. The number of H-pyrrole nitrogens is 2. The van der Waals surface area contributed by atoms with Crippen molar-refractivity contribution in [2.24, 2.45) is 0 Å². The lowest BCUT2D eigenvalue weighted by atomic mass is 10.1. The molecule has 6 aromatic rings. The number of pyridine rings is 2. The van der Waals surface area contributed by atoms with Crippen LogP contribution in [-0.2, 0) is 0 Å². The van der Waals surface area contributed by atoms with Gasteiger partial charge in [0.1, 0.15) is 11.6 Å². The topological polar surface area (TPSA) is 89.6 Å². The Morgan fingerprint density at radius 2 is 0.703 bits per heavy atom. The lowest BCUT2D eigenvalue weighted by Crippen LogP contribution is -2.25. The van der Waals surface area contributed by atoms with Gasteiger partial charge in [-0.05, 0) is 86.3 Å². The molecule has 0 fully saturated rings. The number of nitrogens with zero attached hydrogens (tertiary/aromatic N) is 6. The number of hydrogen-bond acceptors (Lipinski definition) is 6. The maximum atomic E-state index is 4.98. The normalized spacial score (nSPS) is 11.6. The number of benzene rings is 2. The first kappa shape index (κ1) is 48.7. The van der Waals surface area contributed by atoms with Crippen LogP contribution in [0.5, 0.6) is 0 Å². The van der Waals surface area contributed by atoms with Gasteiger partial charge in [0.15, 0.2) is 0 Å². The van der Waals surface area contributed by atoms with Crippen LogP contribution in [-0.4, -0.2) is 56.1 Å². The van der Waals surface area contributed by atoms with Gasteiger partial charge < -0.3 is 19.8 Å². The highest BCUT2D eigenvalue weighted by Gasteiger charge is 2.14. The summed E-state index contributed by atoms with van der Waals surface area (Å²) in [5.74, 6) is 1.68. The van der Waals surface area contributed by atoms with E-state index in [4.69, 9.17) is 19.9 Å². The molecule has 0 aliphatic heterocycles. The molecule has 0 unspecified atom stereocenters.